The predicted molar refractivity (Wildman–Crippen MR) is 116 cm³/mol. The second kappa shape index (κ2) is 8.07. The van der Waals surface area contributed by atoms with E-state index < -0.39 is 20.0 Å². The highest BCUT2D eigenvalue weighted by molar-refractivity contribution is 6.76. The number of nitrogens with zero attached hydrogens (tertiary/aromatic N) is 5. The number of imidazole rings is 1. The molecule has 1 unspecified atom stereocenters. The summed E-state index contributed by atoms with van der Waals surface area (Å²) >= 11 is 5.95. The van der Waals surface area contributed by atoms with Gasteiger partial charge in [-0.05, 0) is 24.2 Å². The molecule has 1 N–H and O–H groups in total. The Morgan fingerprint density at radius 1 is 1.23 bits per heavy atom. The average Bonchev–Trinajstić information content (AvgIpc) is 3.26. The van der Waals surface area contributed by atoms with Crippen LogP contribution in [0, 0.1) is 5.82 Å². The van der Waals surface area contributed by atoms with Gasteiger partial charge in [0.05, 0.1) is 17.4 Å². The van der Waals surface area contributed by atoms with Crippen LogP contribution in [0.2, 0.25) is 30.8 Å². The van der Waals surface area contributed by atoms with E-state index in [9.17, 15) is 9.50 Å². The molecule has 3 aromatic heterocycles. The standard InChI is InChI=1S/C20H23ClFN5O2Si/c1-30(2,3)7-6-29-12-26-11-13-8-14(15(22)9-16(13)24-26)20(28)17-10-23-19-5-4-18(21)25-27(17)19/h4-5,8-11,20,28H,6-7,12H2,1-3H3. The van der Waals surface area contributed by atoms with E-state index in [1.165, 1.54) is 16.8 Å². The molecule has 30 heavy (non-hydrogen) atoms. The van der Waals surface area contributed by atoms with Gasteiger partial charge in [-0.2, -0.15) is 10.2 Å². The van der Waals surface area contributed by atoms with E-state index in [0.29, 0.717) is 35.6 Å². The van der Waals surface area contributed by atoms with E-state index in [2.05, 4.69) is 34.8 Å². The second-order valence-corrected chi connectivity index (χ2v) is 14.5. The number of aliphatic hydroxyl groups is 1. The monoisotopic (exact) mass is 447 g/mol. The molecule has 0 amide bonds. The first-order valence-corrected chi connectivity index (χ1v) is 13.7. The predicted octanol–water partition coefficient (Wildman–Crippen LogP) is 4.27. The Hall–Kier alpha value is -2.33. The molecule has 1 atom stereocenters. The van der Waals surface area contributed by atoms with Gasteiger partial charge in [0.15, 0.2) is 5.65 Å². The lowest BCUT2D eigenvalue weighted by Crippen LogP contribution is -2.22. The van der Waals surface area contributed by atoms with Crippen LogP contribution in [-0.4, -0.2) is 44.2 Å². The van der Waals surface area contributed by atoms with Gasteiger partial charge in [-0.1, -0.05) is 31.2 Å². The molecule has 0 fully saturated rings. The van der Waals surface area contributed by atoms with Crippen LogP contribution in [-0.2, 0) is 11.5 Å². The Morgan fingerprint density at radius 2 is 2.03 bits per heavy atom. The molecule has 0 aliphatic carbocycles. The van der Waals surface area contributed by atoms with E-state index in [1.807, 2.05) is 0 Å². The zero-order valence-electron chi connectivity index (χ0n) is 17.0. The van der Waals surface area contributed by atoms with Crippen molar-refractivity contribution in [2.24, 2.45) is 0 Å². The molecule has 4 aromatic rings. The molecule has 10 heteroatoms. The van der Waals surface area contributed by atoms with E-state index in [1.54, 1.807) is 29.1 Å². The summed E-state index contributed by atoms with van der Waals surface area (Å²) in [6.45, 7) is 7.85. The van der Waals surface area contributed by atoms with Crippen LogP contribution in [0.4, 0.5) is 4.39 Å². The molecule has 0 aliphatic heterocycles. The zero-order chi connectivity index (χ0) is 21.5. The third-order valence-corrected chi connectivity index (χ3v) is 6.73. The molecule has 4 rings (SSSR count). The molecule has 0 saturated heterocycles. The van der Waals surface area contributed by atoms with Gasteiger partial charge >= 0.3 is 0 Å². The third-order valence-electron chi connectivity index (χ3n) is 4.82. The number of ether oxygens (including phenoxy) is 1. The van der Waals surface area contributed by atoms with Crippen LogP contribution < -0.4 is 0 Å². The molecule has 1 aromatic carbocycles. The summed E-state index contributed by atoms with van der Waals surface area (Å²) in [7, 11) is -1.16. The lowest BCUT2D eigenvalue weighted by Gasteiger charge is -2.15. The van der Waals surface area contributed by atoms with Gasteiger partial charge in [0.2, 0.25) is 0 Å². The molecule has 0 aliphatic rings. The Labute approximate surface area is 179 Å². The van der Waals surface area contributed by atoms with Crippen LogP contribution in [0.5, 0.6) is 0 Å². The second-order valence-electron chi connectivity index (χ2n) is 8.46. The lowest BCUT2D eigenvalue weighted by atomic mass is 10.0. The zero-order valence-corrected chi connectivity index (χ0v) is 18.8. The van der Waals surface area contributed by atoms with Crippen molar-refractivity contribution < 1.29 is 14.2 Å². The van der Waals surface area contributed by atoms with Crippen molar-refractivity contribution in [2.45, 2.75) is 38.5 Å². The van der Waals surface area contributed by atoms with Crippen molar-refractivity contribution in [1.82, 2.24) is 24.4 Å². The number of hydrogen-bond acceptors (Lipinski definition) is 5. The first-order chi connectivity index (χ1) is 14.2. The van der Waals surface area contributed by atoms with E-state index in [4.69, 9.17) is 16.3 Å². The van der Waals surface area contributed by atoms with E-state index >= 15 is 0 Å². The molecule has 3 heterocycles. The summed E-state index contributed by atoms with van der Waals surface area (Å²) in [6.07, 6.45) is 1.98. The highest BCUT2D eigenvalue weighted by atomic mass is 35.5. The Morgan fingerprint density at radius 3 is 2.80 bits per heavy atom. The van der Waals surface area contributed by atoms with Gasteiger partial charge < -0.3 is 9.84 Å². The van der Waals surface area contributed by atoms with Crippen molar-refractivity contribution >= 4 is 36.2 Å². The van der Waals surface area contributed by atoms with Crippen LogP contribution in [0.3, 0.4) is 0 Å². The fourth-order valence-corrected chi connectivity index (χ4v) is 4.04. The van der Waals surface area contributed by atoms with Crippen molar-refractivity contribution in [3.8, 4) is 0 Å². The summed E-state index contributed by atoms with van der Waals surface area (Å²) < 4.78 is 23.5. The van der Waals surface area contributed by atoms with Gasteiger partial charge in [0.25, 0.3) is 0 Å². The van der Waals surface area contributed by atoms with Crippen molar-refractivity contribution in [1.29, 1.82) is 0 Å². The highest BCUT2D eigenvalue weighted by Crippen LogP contribution is 2.28. The van der Waals surface area contributed by atoms with Gasteiger partial charge in [0.1, 0.15) is 23.8 Å². The van der Waals surface area contributed by atoms with Crippen LogP contribution in [0.1, 0.15) is 17.4 Å². The summed E-state index contributed by atoms with van der Waals surface area (Å²) in [5.74, 6) is -0.558. The number of rotatable bonds is 7. The number of halogens is 2. The van der Waals surface area contributed by atoms with Gasteiger partial charge in [-0.25, -0.2) is 18.6 Å². The minimum absolute atomic E-state index is 0.116. The molecule has 0 spiro atoms. The molecule has 0 saturated carbocycles. The first-order valence-electron chi connectivity index (χ1n) is 9.64. The van der Waals surface area contributed by atoms with E-state index in [0.717, 1.165) is 6.04 Å². The first kappa shape index (κ1) is 20.9. The smallest absolute Gasteiger partial charge is 0.154 e. The highest BCUT2D eigenvalue weighted by Gasteiger charge is 2.21. The summed E-state index contributed by atoms with van der Waals surface area (Å²) in [5.41, 5.74) is 1.45. The molecule has 0 radical (unpaired) electrons. The fourth-order valence-electron chi connectivity index (χ4n) is 3.14. The fraction of sp³-hybridized carbons (Fsp3) is 0.350. The number of fused-ring (bicyclic) bond motifs is 2. The van der Waals surface area contributed by atoms with Crippen molar-refractivity contribution in [2.75, 3.05) is 6.61 Å². The summed E-state index contributed by atoms with van der Waals surface area (Å²) in [5, 5.41) is 20.3. The van der Waals surface area contributed by atoms with Crippen LogP contribution >= 0.6 is 11.6 Å². The Kier molecular flexibility index (Phi) is 5.63. The maximum absolute atomic E-state index is 14.8. The summed E-state index contributed by atoms with van der Waals surface area (Å²) in [4.78, 5) is 4.19. The van der Waals surface area contributed by atoms with Crippen molar-refractivity contribution in [3.63, 3.8) is 0 Å². The molecule has 0 bridgehead atoms. The maximum atomic E-state index is 14.8. The number of aliphatic hydroxyl groups excluding tert-OH is 1. The van der Waals surface area contributed by atoms with Crippen molar-refractivity contribution in [3.05, 3.63) is 58.9 Å². The number of hydrogen-bond donors (Lipinski definition) is 1. The Bertz CT molecular complexity index is 1200. The van der Waals surface area contributed by atoms with Crippen LogP contribution in [0.25, 0.3) is 16.6 Å². The molecular weight excluding hydrogens is 425 g/mol. The van der Waals surface area contributed by atoms with Gasteiger partial charge in [-0.3, -0.25) is 0 Å². The lowest BCUT2D eigenvalue weighted by molar-refractivity contribution is 0.0791. The minimum atomic E-state index is -1.26. The molecular formula is C20H23ClFN5O2Si. The van der Waals surface area contributed by atoms with Gasteiger partial charge in [0, 0.05) is 37.9 Å². The topological polar surface area (TPSA) is 77.5 Å². The molecule has 7 nitrogen and oxygen atoms in total. The average molecular weight is 448 g/mol. The van der Waals surface area contributed by atoms with Crippen LogP contribution in [0.15, 0.2) is 36.7 Å². The third kappa shape index (κ3) is 4.39. The Balaban J connectivity index is 1.58. The summed E-state index contributed by atoms with van der Waals surface area (Å²) in [6, 6.07) is 7.25. The normalized spacial score (nSPS) is 13.4. The quantitative estimate of drug-likeness (QED) is 0.338. The van der Waals surface area contributed by atoms with E-state index in [-0.39, 0.29) is 10.7 Å². The molecule has 158 valence electrons. The number of benzene rings is 1. The minimum Gasteiger partial charge on any atom is -0.382 e. The van der Waals surface area contributed by atoms with Gasteiger partial charge in [-0.15, -0.1) is 0 Å². The SMILES string of the molecule is C[Si](C)(C)CCOCn1cc2cc(C(O)c3cnc4ccc(Cl)nn34)c(F)cc2n1. The maximum Gasteiger partial charge on any atom is 0.154 e. The number of aromatic nitrogens is 5. The largest absolute Gasteiger partial charge is 0.382 e.